The molecule has 1 nitrogen and oxygen atoms in total. The van der Waals surface area contributed by atoms with E-state index in [-0.39, 0.29) is 0 Å². The fraction of sp³-hybridized carbons (Fsp3) is 0.368. The van der Waals surface area contributed by atoms with Crippen LogP contribution in [0.25, 0.3) is 0 Å². The van der Waals surface area contributed by atoms with Crippen LogP contribution >= 0.6 is 0 Å². The smallest absolute Gasteiger partial charge is 0.0244 e. The number of nitrogens with zero attached hydrogens (tertiary/aromatic N) is 1. The van der Waals surface area contributed by atoms with Gasteiger partial charge in [-0.1, -0.05) is 62.4 Å². The fourth-order valence-corrected chi connectivity index (χ4v) is 3.03. The monoisotopic (exact) mass is 265 g/mol. The van der Waals surface area contributed by atoms with Crippen LogP contribution < -0.4 is 0 Å². The summed E-state index contributed by atoms with van der Waals surface area (Å²) >= 11 is 0. The van der Waals surface area contributed by atoms with Crippen molar-refractivity contribution >= 4 is 0 Å². The van der Waals surface area contributed by atoms with Gasteiger partial charge >= 0.3 is 0 Å². The number of hydrogen-bond acceptors (Lipinski definition) is 1. The Labute approximate surface area is 122 Å². The molecule has 0 saturated carbocycles. The van der Waals surface area contributed by atoms with Crippen LogP contribution in [0.3, 0.4) is 0 Å². The van der Waals surface area contributed by atoms with Crippen molar-refractivity contribution in [3.05, 3.63) is 70.8 Å². The summed E-state index contributed by atoms with van der Waals surface area (Å²) in [7, 11) is 0. The first-order valence-corrected chi connectivity index (χ1v) is 7.57. The number of benzene rings is 2. The van der Waals surface area contributed by atoms with E-state index in [1.54, 1.807) is 0 Å². The van der Waals surface area contributed by atoms with Crippen molar-refractivity contribution in [2.24, 2.45) is 5.92 Å². The summed E-state index contributed by atoms with van der Waals surface area (Å²) < 4.78 is 0. The van der Waals surface area contributed by atoms with E-state index in [1.807, 2.05) is 0 Å². The van der Waals surface area contributed by atoms with Gasteiger partial charge in [-0.25, -0.2) is 0 Å². The van der Waals surface area contributed by atoms with Gasteiger partial charge in [0.25, 0.3) is 0 Å². The van der Waals surface area contributed by atoms with Gasteiger partial charge in [-0.15, -0.1) is 0 Å². The van der Waals surface area contributed by atoms with Crippen LogP contribution in [0.1, 0.15) is 36.1 Å². The highest BCUT2D eigenvalue weighted by molar-refractivity contribution is 5.31. The van der Waals surface area contributed by atoms with Crippen molar-refractivity contribution in [2.45, 2.75) is 39.9 Å². The molecule has 0 fully saturated rings. The first-order chi connectivity index (χ1) is 9.70. The Morgan fingerprint density at radius 2 is 1.40 bits per heavy atom. The van der Waals surface area contributed by atoms with Gasteiger partial charge in [-0.05, 0) is 34.6 Å². The lowest BCUT2D eigenvalue weighted by Crippen LogP contribution is -2.15. The third kappa shape index (κ3) is 3.10. The fourth-order valence-electron chi connectivity index (χ4n) is 3.03. The molecule has 2 aromatic rings. The topological polar surface area (TPSA) is 3.24 Å². The van der Waals surface area contributed by atoms with Gasteiger partial charge in [0, 0.05) is 19.6 Å². The largest absolute Gasteiger partial charge is 0.291 e. The second-order valence-corrected chi connectivity index (χ2v) is 6.33. The van der Waals surface area contributed by atoms with Crippen molar-refractivity contribution < 1.29 is 0 Å². The highest BCUT2D eigenvalue weighted by atomic mass is 15.1. The van der Waals surface area contributed by atoms with E-state index in [2.05, 4.69) is 67.3 Å². The molecule has 1 heterocycles. The molecule has 0 bridgehead atoms. The minimum atomic E-state index is 0.730. The summed E-state index contributed by atoms with van der Waals surface area (Å²) in [6.07, 6.45) is 1.18. The maximum Gasteiger partial charge on any atom is 0.0244 e. The van der Waals surface area contributed by atoms with Gasteiger partial charge in [0.1, 0.15) is 0 Å². The summed E-state index contributed by atoms with van der Waals surface area (Å²) in [4.78, 5) is 2.52. The molecule has 3 rings (SSSR count). The second kappa shape index (κ2) is 5.80. The van der Waals surface area contributed by atoms with E-state index in [9.17, 15) is 0 Å². The summed E-state index contributed by atoms with van der Waals surface area (Å²) in [5, 5.41) is 0. The van der Waals surface area contributed by atoms with Crippen molar-refractivity contribution in [2.75, 3.05) is 0 Å². The van der Waals surface area contributed by atoms with Crippen LogP contribution in [0, 0.1) is 5.92 Å². The van der Waals surface area contributed by atoms with Crippen LogP contribution in [0.5, 0.6) is 0 Å². The minimum absolute atomic E-state index is 0.730. The van der Waals surface area contributed by atoms with Crippen LogP contribution in [-0.2, 0) is 26.1 Å². The van der Waals surface area contributed by atoms with Gasteiger partial charge in [-0.2, -0.15) is 0 Å². The van der Waals surface area contributed by atoms with Crippen molar-refractivity contribution in [3.63, 3.8) is 0 Å². The van der Waals surface area contributed by atoms with Gasteiger partial charge in [0.15, 0.2) is 0 Å². The number of hydrogen-bond donors (Lipinski definition) is 0. The maximum absolute atomic E-state index is 2.52. The standard InChI is InChI=1S/C19H23N/c1-15(2)11-16-7-9-17(10-8-16)12-20-13-18-5-3-4-6-19(18)14-20/h3-10,15H,11-14H2,1-2H3. The van der Waals surface area contributed by atoms with Crippen LogP contribution in [0.2, 0.25) is 0 Å². The predicted molar refractivity (Wildman–Crippen MR) is 84.4 cm³/mol. The molecule has 0 spiro atoms. The zero-order valence-corrected chi connectivity index (χ0v) is 12.5. The summed E-state index contributed by atoms with van der Waals surface area (Å²) in [6, 6.07) is 18.0. The SMILES string of the molecule is CC(C)Cc1ccc(CN2Cc3ccccc3C2)cc1. The molecule has 1 heteroatoms. The molecule has 0 radical (unpaired) electrons. The lowest BCUT2D eigenvalue weighted by molar-refractivity contribution is 0.275. The quantitative estimate of drug-likeness (QED) is 0.792. The maximum atomic E-state index is 2.52. The van der Waals surface area contributed by atoms with Gasteiger partial charge in [-0.3, -0.25) is 4.90 Å². The second-order valence-electron chi connectivity index (χ2n) is 6.33. The van der Waals surface area contributed by atoms with Crippen LogP contribution in [0.15, 0.2) is 48.5 Å². The predicted octanol–water partition coefficient (Wildman–Crippen LogP) is 4.40. The average molecular weight is 265 g/mol. The van der Waals surface area contributed by atoms with Crippen LogP contribution in [-0.4, -0.2) is 4.90 Å². The average Bonchev–Trinajstić information content (AvgIpc) is 2.82. The minimum Gasteiger partial charge on any atom is -0.291 e. The Kier molecular flexibility index (Phi) is 3.88. The van der Waals surface area contributed by atoms with Gasteiger partial charge in [0.05, 0.1) is 0 Å². The molecule has 0 aromatic heterocycles. The van der Waals surface area contributed by atoms with Gasteiger partial charge in [0.2, 0.25) is 0 Å². The molecular formula is C19H23N. The Balaban J connectivity index is 1.62. The van der Waals surface area contributed by atoms with Crippen molar-refractivity contribution in [1.82, 2.24) is 4.90 Å². The zero-order valence-electron chi connectivity index (χ0n) is 12.5. The Hall–Kier alpha value is -1.60. The first kappa shape index (κ1) is 13.4. The van der Waals surface area contributed by atoms with E-state index < -0.39 is 0 Å². The summed E-state index contributed by atoms with van der Waals surface area (Å²) in [6.45, 7) is 7.77. The summed E-state index contributed by atoms with van der Waals surface area (Å²) in [5.74, 6) is 0.730. The molecule has 2 aromatic carbocycles. The molecule has 0 N–H and O–H groups in total. The van der Waals surface area contributed by atoms with E-state index in [0.717, 1.165) is 25.6 Å². The normalized spacial score (nSPS) is 14.8. The van der Waals surface area contributed by atoms with E-state index in [1.165, 1.54) is 28.7 Å². The molecule has 0 atom stereocenters. The first-order valence-electron chi connectivity index (χ1n) is 7.57. The van der Waals surface area contributed by atoms with E-state index in [4.69, 9.17) is 0 Å². The molecular weight excluding hydrogens is 242 g/mol. The molecule has 0 amide bonds. The highest BCUT2D eigenvalue weighted by Gasteiger charge is 2.17. The third-order valence-corrected chi connectivity index (χ3v) is 3.98. The zero-order chi connectivity index (χ0) is 13.9. The highest BCUT2D eigenvalue weighted by Crippen LogP contribution is 2.24. The van der Waals surface area contributed by atoms with Crippen molar-refractivity contribution in [1.29, 1.82) is 0 Å². The Morgan fingerprint density at radius 1 is 0.850 bits per heavy atom. The van der Waals surface area contributed by atoms with Crippen LogP contribution in [0.4, 0.5) is 0 Å². The third-order valence-electron chi connectivity index (χ3n) is 3.98. The Morgan fingerprint density at radius 3 is 1.95 bits per heavy atom. The molecule has 1 aliphatic heterocycles. The van der Waals surface area contributed by atoms with Crippen molar-refractivity contribution in [3.8, 4) is 0 Å². The number of rotatable bonds is 4. The molecule has 0 unspecified atom stereocenters. The number of fused-ring (bicyclic) bond motifs is 1. The lowest BCUT2D eigenvalue weighted by Gasteiger charge is -2.15. The van der Waals surface area contributed by atoms with Gasteiger partial charge < -0.3 is 0 Å². The molecule has 20 heavy (non-hydrogen) atoms. The van der Waals surface area contributed by atoms with E-state index in [0.29, 0.717) is 0 Å². The summed E-state index contributed by atoms with van der Waals surface area (Å²) in [5.41, 5.74) is 5.85. The lowest BCUT2D eigenvalue weighted by atomic mass is 10.0. The molecule has 104 valence electrons. The molecule has 0 aliphatic carbocycles. The Bertz CT molecular complexity index is 544. The molecule has 0 saturated heterocycles. The van der Waals surface area contributed by atoms with E-state index >= 15 is 0 Å². The molecule has 1 aliphatic rings.